The molecular formula is C4H23F6N3O20P6. The quantitative estimate of drug-likeness (QED) is 0.0874. The van der Waals surface area contributed by atoms with Gasteiger partial charge in [0.15, 0.2) is 0 Å². The molecule has 0 atom stereocenters. The third-order valence-electron chi connectivity index (χ3n) is 0.211. The summed E-state index contributed by atoms with van der Waals surface area (Å²) in [5.41, 5.74) is 8.50. The molecule has 0 rings (SSSR count). The highest BCUT2D eigenvalue weighted by Gasteiger charge is 2.06. The maximum atomic E-state index is 10.4. The molecule has 0 aliphatic heterocycles. The van der Waals surface area contributed by atoms with Gasteiger partial charge in [-0.25, -0.2) is 32.2 Å². The monoisotopic (exact) mass is 733 g/mol. The molecule has 0 aliphatic rings. The van der Waals surface area contributed by atoms with Gasteiger partial charge in [0.2, 0.25) is 6.41 Å². The number of nitrogens with two attached hydrogens (primary N) is 2. The molecule has 0 aromatic carbocycles. The molecule has 0 aliphatic carbocycles. The fourth-order valence-electron chi connectivity index (χ4n) is 0. The highest BCUT2D eigenvalue weighted by atomic mass is 31.2. The fourth-order valence-corrected chi connectivity index (χ4v) is 0. The second-order valence-corrected chi connectivity index (χ2v) is 9.98. The van der Waals surface area contributed by atoms with Crippen molar-refractivity contribution in [2.24, 2.45) is 11.5 Å². The lowest BCUT2D eigenvalue weighted by molar-refractivity contribution is -0.115. The van der Waals surface area contributed by atoms with Crippen LogP contribution in [0.4, 0.5) is 30.0 Å². The molecule has 0 bridgehead atoms. The first-order chi connectivity index (χ1) is 16.0. The van der Waals surface area contributed by atoms with Gasteiger partial charge in [-0.2, -0.15) is 0 Å². The summed E-state index contributed by atoms with van der Waals surface area (Å²) in [5.74, 6) is 0. The Morgan fingerprint density at radius 3 is 0.538 bits per heavy atom. The van der Waals surface area contributed by atoms with E-state index in [1.54, 1.807) is 14.1 Å². The number of urea groups is 1. The van der Waals surface area contributed by atoms with Crippen molar-refractivity contribution in [1.82, 2.24) is 4.90 Å². The molecule has 16 N–H and O–H groups in total. The van der Waals surface area contributed by atoms with Crippen molar-refractivity contribution in [2.45, 2.75) is 0 Å². The highest BCUT2D eigenvalue weighted by molar-refractivity contribution is 7.46. The molecule has 0 saturated carbocycles. The first-order valence-corrected chi connectivity index (χ1v) is 15.7. The lowest BCUT2D eigenvalue weighted by atomic mass is 11.0. The van der Waals surface area contributed by atoms with Crippen LogP contribution < -0.4 is 11.5 Å². The molecule has 0 aromatic rings. The van der Waals surface area contributed by atoms with Gasteiger partial charge in [0.25, 0.3) is 0 Å². The van der Waals surface area contributed by atoms with Crippen LogP contribution in [0.3, 0.4) is 0 Å². The van der Waals surface area contributed by atoms with Crippen molar-refractivity contribution in [1.29, 1.82) is 0 Å². The zero-order chi connectivity index (χ0) is 34.9. The van der Waals surface area contributed by atoms with E-state index in [1.165, 1.54) is 4.90 Å². The summed E-state index contributed by atoms with van der Waals surface area (Å²) in [6, 6.07) is -0.833. The van der Waals surface area contributed by atoms with Gasteiger partial charge >= 0.3 is 53.5 Å². The minimum absolute atomic E-state index is 0.750. The van der Waals surface area contributed by atoms with E-state index >= 15 is 0 Å². The van der Waals surface area contributed by atoms with Crippen molar-refractivity contribution in [3.05, 3.63) is 0 Å². The molecule has 0 unspecified atom stereocenters. The third kappa shape index (κ3) is 31000. The number of rotatable bonds is 1. The predicted octanol–water partition coefficient (Wildman–Crippen LogP) is -0.980. The predicted molar refractivity (Wildman–Crippen MR) is 112 cm³/mol. The Kier molecular flexibility index (Phi) is 40.7. The van der Waals surface area contributed by atoms with Gasteiger partial charge in [-0.15, -0.1) is 25.2 Å². The fraction of sp³-hybridized carbons (Fsp3) is 0.500. The Morgan fingerprint density at radius 2 is 0.538 bits per heavy atom. The van der Waals surface area contributed by atoms with E-state index in [2.05, 4.69) is 11.5 Å². The molecule has 0 saturated heterocycles. The van der Waals surface area contributed by atoms with Crippen molar-refractivity contribution < 1.29 is 121 Å². The lowest BCUT2D eigenvalue weighted by Gasteiger charge is -1.93. The van der Waals surface area contributed by atoms with Crippen LogP contribution in [0.15, 0.2) is 0 Å². The average molecular weight is 733 g/mol. The Hall–Kier alpha value is -0.780. The number of amides is 3. The molecule has 0 aromatic heterocycles. The van der Waals surface area contributed by atoms with E-state index in [9.17, 15) is 30.0 Å². The molecule has 246 valence electrons. The summed E-state index contributed by atoms with van der Waals surface area (Å²) in [6.07, 6.45) is 0.750. The summed E-state index contributed by atoms with van der Waals surface area (Å²) in [7, 11) is -27.5. The number of nitrogens with zero attached hydrogens (tertiary/aromatic N) is 1. The molecule has 0 radical (unpaired) electrons. The van der Waals surface area contributed by atoms with Crippen LogP contribution in [0.5, 0.6) is 0 Å². The normalized spacial score (nSPS) is 10.6. The SMILES string of the molecule is CN(C)C=O.NC(N)=O.O=P(O)(O)F.O=P(O)(O)F.O=P(O)(O)F.O=P(O)(O)F.O=P(O)(O)F.O=P(O)(O)F. The van der Waals surface area contributed by atoms with Gasteiger partial charge in [0.1, 0.15) is 0 Å². The standard InChI is InChI=1S/C3H7NO.CH4N2O.6FH2O3P/c1-4(2)3-5;2-1(3)4;6*1-5(2,3)4/h3H,1-2H3;(H4,2,3,4);6*(H2,2,3,4). The zero-order valence-corrected chi connectivity index (χ0v) is 23.6. The van der Waals surface area contributed by atoms with Gasteiger partial charge in [-0.1, -0.05) is 0 Å². The number of primary amides is 2. The maximum absolute atomic E-state index is 10.4. The molecule has 0 spiro atoms. The summed E-state index contributed by atoms with van der Waals surface area (Å²) in [4.78, 5) is 103. The van der Waals surface area contributed by atoms with Crippen LogP contribution >= 0.6 is 47.4 Å². The van der Waals surface area contributed by atoms with Gasteiger partial charge in [0, 0.05) is 14.1 Å². The second-order valence-electron chi connectivity index (χ2n) is 4.31. The molecular weight excluding hydrogens is 710 g/mol. The van der Waals surface area contributed by atoms with Crippen LogP contribution in [-0.2, 0) is 32.2 Å². The van der Waals surface area contributed by atoms with Crippen LogP contribution in [0, 0.1) is 0 Å². The molecule has 0 fully saturated rings. The van der Waals surface area contributed by atoms with Crippen LogP contribution in [0.1, 0.15) is 0 Å². The highest BCUT2D eigenvalue weighted by Crippen LogP contribution is 2.37. The van der Waals surface area contributed by atoms with Crippen molar-refractivity contribution in [2.75, 3.05) is 14.1 Å². The van der Waals surface area contributed by atoms with Crippen LogP contribution in [0.2, 0.25) is 0 Å². The Bertz CT molecular complexity index is 676. The lowest BCUT2D eigenvalue weighted by Crippen LogP contribution is -2.18. The topological polar surface area (TPSA) is 435 Å². The van der Waals surface area contributed by atoms with Crippen LogP contribution in [-0.4, -0.2) is 90.2 Å². The summed E-state index contributed by atoms with van der Waals surface area (Å²) >= 11 is 0. The summed E-state index contributed by atoms with van der Waals surface area (Å²) < 4.78 is 114. The van der Waals surface area contributed by atoms with Gasteiger partial charge in [-0.05, 0) is 0 Å². The largest absolute Gasteiger partial charge is 0.507 e. The Balaban J connectivity index is -0.0000000470. The molecule has 39 heavy (non-hydrogen) atoms. The van der Waals surface area contributed by atoms with E-state index in [1.807, 2.05) is 0 Å². The van der Waals surface area contributed by atoms with Gasteiger partial charge in [0.05, 0.1) is 0 Å². The summed E-state index contributed by atoms with van der Waals surface area (Å²) in [6.45, 7) is 0. The van der Waals surface area contributed by atoms with E-state index in [0.29, 0.717) is 0 Å². The molecule has 0 heterocycles. The Morgan fingerprint density at radius 1 is 0.513 bits per heavy atom. The zero-order valence-electron chi connectivity index (χ0n) is 18.3. The number of hydrogen-bond donors (Lipinski definition) is 14. The van der Waals surface area contributed by atoms with E-state index < -0.39 is 53.5 Å². The van der Waals surface area contributed by atoms with Gasteiger partial charge in [-0.3, -0.25) is 63.5 Å². The number of carbonyl (C=O) groups is 2. The summed E-state index contributed by atoms with van der Waals surface area (Å²) in [5, 5.41) is 0. The van der Waals surface area contributed by atoms with E-state index in [4.69, 9.17) is 90.9 Å². The van der Waals surface area contributed by atoms with Gasteiger partial charge < -0.3 is 16.4 Å². The number of hydrogen-bond acceptors (Lipinski definition) is 8. The number of halogens is 6. The second kappa shape index (κ2) is 27.4. The van der Waals surface area contributed by atoms with E-state index in [0.717, 1.165) is 6.41 Å². The minimum Gasteiger partial charge on any atom is -0.352 e. The number of carbonyl (C=O) groups excluding carboxylic acids is 2. The Labute approximate surface area is 212 Å². The minimum atomic E-state index is -5.14. The maximum Gasteiger partial charge on any atom is 0.507 e. The average Bonchev–Trinajstić information content (AvgIpc) is 2.34. The van der Waals surface area contributed by atoms with E-state index in [-0.39, 0.29) is 0 Å². The first kappa shape index (κ1) is 58.0. The van der Waals surface area contributed by atoms with Crippen LogP contribution in [0.25, 0.3) is 0 Å². The van der Waals surface area contributed by atoms with Crippen molar-refractivity contribution in [3.63, 3.8) is 0 Å². The first-order valence-electron chi connectivity index (χ1n) is 6.68. The van der Waals surface area contributed by atoms with Crippen molar-refractivity contribution >= 4 is 59.9 Å². The molecule has 35 heteroatoms. The third-order valence-corrected chi connectivity index (χ3v) is 0.211. The molecule has 3 amide bonds. The smallest absolute Gasteiger partial charge is 0.352 e. The van der Waals surface area contributed by atoms with Crippen molar-refractivity contribution in [3.8, 4) is 0 Å². The molecule has 23 nitrogen and oxygen atoms in total.